The van der Waals surface area contributed by atoms with Crippen molar-refractivity contribution in [1.82, 2.24) is 9.21 Å². The number of sulfonamides is 1. The van der Waals surface area contributed by atoms with Crippen LogP contribution in [-0.4, -0.2) is 62.8 Å². The molecule has 0 N–H and O–H groups in total. The van der Waals surface area contributed by atoms with Crippen LogP contribution in [0.2, 0.25) is 0 Å². The van der Waals surface area contributed by atoms with Crippen molar-refractivity contribution in [2.75, 3.05) is 33.8 Å². The van der Waals surface area contributed by atoms with Crippen LogP contribution in [0.1, 0.15) is 18.2 Å². The molecule has 1 saturated heterocycles. The van der Waals surface area contributed by atoms with E-state index in [0.29, 0.717) is 32.7 Å². The molecule has 7 heteroatoms. The number of likely N-dealkylation sites (N-methyl/N-ethyl adjacent to an activating group) is 1. The van der Waals surface area contributed by atoms with Crippen molar-refractivity contribution in [3.05, 3.63) is 22.4 Å². The summed E-state index contributed by atoms with van der Waals surface area (Å²) >= 11 is 1.59. The second-order valence-corrected chi connectivity index (χ2v) is 8.85. The van der Waals surface area contributed by atoms with Gasteiger partial charge in [-0.1, -0.05) is 6.07 Å². The van der Waals surface area contributed by atoms with Crippen LogP contribution in [0.15, 0.2) is 17.5 Å². The van der Waals surface area contributed by atoms with Gasteiger partial charge < -0.3 is 9.64 Å². The summed E-state index contributed by atoms with van der Waals surface area (Å²) < 4.78 is 32.9. The number of hydrogen-bond donors (Lipinski definition) is 0. The van der Waals surface area contributed by atoms with Gasteiger partial charge in [-0.3, -0.25) is 0 Å². The van der Waals surface area contributed by atoms with E-state index in [2.05, 4.69) is 0 Å². The number of rotatable bonds is 7. The lowest BCUT2D eigenvalue weighted by Gasteiger charge is -2.27. The maximum Gasteiger partial charge on any atom is 0.220 e. The minimum atomic E-state index is -3.33. The van der Waals surface area contributed by atoms with Crippen molar-refractivity contribution in [3.63, 3.8) is 0 Å². The molecule has 5 nitrogen and oxygen atoms in total. The van der Waals surface area contributed by atoms with Gasteiger partial charge in [0.05, 0.1) is 6.10 Å². The highest BCUT2D eigenvalue weighted by Gasteiger charge is 2.39. The summed E-state index contributed by atoms with van der Waals surface area (Å²) in [6.45, 7) is 4.07. The van der Waals surface area contributed by atoms with Gasteiger partial charge in [0.25, 0.3) is 0 Å². The van der Waals surface area contributed by atoms with Crippen LogP contribution in [0, 0.1) is 0 Å². The first-order valence-corrected chi connectivity index (χ1v) is 9.57. The van der Waals surface area contributed by atoms with Crippen LogP contribution in [0.5, 0.6) is 0 Å². The summed E-state index contributed by atoms with van der Waals surface area (Å²) in [7, 11) is 0.578. The second kappa shape index (κ2) is 7.19. The molecule has 0 unspecified atom stereocenters. The quantitative estimate of drug-likeness (QED) is 0.761. The summed E-state index contributed by atoms with van der Waals surface area (Å²) in [5.41, 5.74) is 0. The van der Waals surface area contributed by atoms with Gasteiger partial charge in [0.2, 0.25) is 10.0 Å². The van der Waals surface area contributed by atoms with Crippen LogP contribution in [-0.2, 0) is 21.3 Å². The molecule has 0 spiro atoms. The van der Waals surface area contributed by atoms with Crippen molar-refractivity contribution in [3.8, 4) is 0 Å². The standard InChI is InChI=1S/C14H24N2O3S2/c1-12-14(6-9-19-12)21(17,18)16(8-7-15(2)3)11-13-5-4-10-20-13/h4-5,10,12,14H,6-9,11H2,1-3H3/t12-,14+/m0/s1. The molecule has 1 aromatic rings. The van der Waals surface area contributed by atoms with Crippen molar-refractivity contribution < 1.29 is 13.2 Å². The Morgan fingerprint density at radius 1 is 1.38 bits per heavy atom. The van der Waals surface area contributed by atoms with Gasteiger partial charge in [-0.2, -0.15) is 4.31 Å². The summed E-state index contributed by atoms with van der Waals surface area (Å²) in [5, 5.41) is 1.56. The van der Waals surface area contributed by atoms with E-state index < -0.39 is 15.3 Å². The highest BCUT2D eigenvalue weighted by Crippen LogP contribution is 2.25. The van der Waals surface area contributed by atoms with Crippen LogP contribution in [0.4, 0.5) is 0 Å². The number of nitrogens with zero attached hydrogens (tertiary/aromatic N) is 2. The van der Waals surface area contributed by atoms with Crippen molar-refractivity contribution in [1.29, 1.82) is 0 Å². The highest BCUT2D eigenvalue weighted by molar-refractivity contribution is 7.89. The molecule has 2 atom stereocenters. The molecule has 0 amide bonds. The Bertz CT molecular complexity index is 528. The molecule has 2 rings (SSSR count). The summed E-state index contributed by atoms with van der Waals surface area (Å²) in [6.07, 6.45) is 0.368. The van der Waals surface area contributed by atoms with Gasteiger partial charge in [-0.05, 0) is 38.9 Å². The third-order valence-electron chi connectivity index (χ3n) is 3.76. The monoisotopic (exact) mass is 332 g/mol. The molecule has 0 aromatic carbocycles. The summed E-state index contributed by atoms with van der Waals surface area (Å²) in [6, 6.07) is 3.94. The average Bonchev–Trinajstić information content (AvgIpc) is 3.05. The molecule has 21 heavy (non-hydrogen) atoms. The zero-order chi connectivity index (χ0) is 15.5. The molecular weight excluding hydrogens is 308 g/mol. The van der Waals surface area contributed by atoms with Crippen LogP contribution in [0.25, 0.3) is 0 Å². The number of thiophene rings is 1. The highest BCUT2D eigenvalue weighted by atomic mass is 32.2. The lowest BCUT2D eigenvalue weighted by molar-refractivity contribution is 0.125. The Hall–Kier alpha value is -0.470. The molecule has 1 fully saturated rings. The molecule has 0 saturated carbocycles. The van der Waals surface area contributed by atoms with Crippen LogP contribution < -0.4 is 0 Å². The first kappa shape index (κ1) is 16.9. The van der Waals surface area contributed by atoms with Gasteiger partial charge in [0, 0.05) is 31.1 Å². The summed E-state index contributed by atoms with van der Waals surface area (Å²) in [5.74, 6) is 0. The van der Waals surface area contributed by atoms with Gasteiger partial charge in [0.15, 0.2) is 0 Å². The van der Waals surface area contributed by atoms with E-state index in [1.165, 1.54) is 0 Å². The fourth-order valence-corrected chi connectivity index (χ4v) is 5.28. The molecule has 1 aromatic heterocycles. The molecule has 120 valence electrons. The molecule has 0 radical (unpaired) electrons. The van der Waals surface area contributed by atoms with E-state index in [1.807, 2.05) is 43.4 Å². The molecule has 0 bridgehead atoms. The first-order valence-electron chi connectivity index (χ1n) is 7.19. The van der Waals surface area contributed by atoms with Crippen molar-refractivity contribution in [2.45, 2.75) is 31.2 Å². The summed E-state index contributed by atoms with van der Waals surface area (Å²) in [4.78, 5) is 3.08. The Morgan fingerprint density at radius 3 is 2.67 bits per heavy atom. The van der Waals surface area contributed by atoms with Gasteiger partial charge in [-0.25, -0.2) is 8.42 Å². The van der Waals surface area contributed by atoms with Crippen LogP contribution >= 0.6 is 11.3 Å². The lowest BCUT2D eigenvalue weighted by atomic mass is 10.3. The molecule has 1 aliphatic rings. The maximum atomic E-state index is 12.9. The topological polar surface area (TPSA) is 49.9 Å². The van der Waals surface area contributed by atoms with E-state index in [9.17, 15) is 8.42 Å². The molecule has 0 aliphatic carbocycles. The lowest BCUT2D eigenvalue weighted by Crippen LogP contribution is -2.43. The van der Waals surface area contributed by atoms with E-state index >= 15 is 0 Å². The third kappa shape index (κ3) is 4.26. The predicted molar refractivity (Wildman–Crippen MR) is 86.0 cm³/mol. The fourth-order valence-electron chi connectivity index (χ4n) is 2.48. The predicted octanol–water partition coefficient (Wildman–Crippen LogP) is 1.62. The Labute approximate surface area is 131 Å². The SMILES string of the molecule is C[C@@H]1OCC[C@H]1S(=O)(=O)N(CCN(C)C)Cc1cccs1. The third-order valence-corrected chi connectivity index (χ3v) is 7.03. The fraction of sp³-hybridized carbons (Fsp3) is 0.714. The smallest absolute Gasteiger partial charge is 0.220 e. The minimum Gasteiger partial charge on any atom is -0.377 e. The number of hydrogen-bond acceptors (Lipinski definition) is 5. The van der Waals surface area contributed by atoms with Gasteiger partial charge in [0.1, 0.15) is 5.25 Å². The van der Waals surface area contributed by atoms with E-state index in [4.69, 9.17) is 4.74 Å². The Kier molecular flexibility index (Phi) is 5.79. The van der Waals surface area contributed by atoms with Gasteiger partial charge >= 0.3 is 0 Å². The molecule has 1 aliphatic heterocycles. The normalized spacial score (nSPS) is 23.3. The molecular formula is C14H24N2O3S2. The first-order chi connectivity index (χ1) is 9.91. The zero-order valence-electron chi connectivity index (χ0n) is 12.9. The Balaban J connectivity index is 2.16. The van der Waals surface area contributed by atoms with Crippen molar-refractivity contribution >= 4 is 21.4 Å². The van der Waals surface area contributed by atoms with Gasteiger partial charge in [-0.15, -0.1) is 11.3 Å². The van der Waals surface area contributed by atoms with E-state index in [0.717, 1.165) is 4.88 Å². The van der Waals surface area contributed by atoms with E-state index in [-0.39, 0.29) is 6.10 Å². The van der Waals surface area contributed by atoms with Crippen LogP contribution in [0.3, 0.4) is 0 Å². The minimum absolute atomic E-state index is 0.222. The number of ether oxygens (including phenoxy) is 1. The molecule has 2 heterocycles. The van der Waals surface area contributed by atoms with Crippen molar-refractivity contribution in [2.24, 2.45) is 0 Å². The maximum absolute atomic E-state index is 12.9. The van der Waals surface area contributed by atoms with E-state index in [1.54, 1.807) is 15.6 Å². The largest absolute Gasteiger partial charge is 0.377 e. The zero-order valence-corrected chi connectivity index (χ0v) is 14.5. The average molecular weight is 332 g/mol. The second-order valence-electron chi connectivity index (χ2n) is 5.66. The Morgan fingerprint density at radius 2 is 2.14 bits per heavy atom.